The van der Waals surface area contributed by atoms with E-state index in [9.17, 15) is 4.79 Å². The van der Waals surface area contributed by atoms with Crippen LogP contribution in [0.15, 0.2) is 30.3 Å². The summed E-state index contributed by atoms with van der Waals surface area (Å²) in [4.78, 5) is 11.8. The normalized spacial score (nSPS) is 12.1. The molecule has 1 unspecified atom stereocenters. The van der Waals surface area contributed by atoms with Crippen molar-refractivity contribution in [2.75, 3.05) is 13.1 Å². The lowest BCUT2D eigenvalue weighted by Gasteiger charge is -2.18. The molecule has 0 spiro atoms. The lowest BCUT2D eigenvalue weighted by molar-refractivity contribution is -0.121. The predicted molar refractivity (Wildman–Crippen MR) is 75.4 cm³/mol. The van der Waals surface area contributed by atoms with Gasteiger partial charge in [0.05, 0.1) is 12.6 Å². The summed E-state index contributed by atoms with van der Waals surface area (Å²) < 4.78 is 0. The number of hydrogen-bond donors (Lipinski definition) is 2. The molecule has 0 saturated carbocycles. The number of hydrogen-bond acceptors (Lipinski definition) is 2. The molecule has 3 nitrogen and oxygen atoms in total. The highest BCUT2D eigenvalue weighted by Crippen LogP contribution is 2.17. The molecule has 100 valence electrons. The van der Waals surface area contributed by atoms with Crippen LogP contribution in [0.1, 0.15) is 44.7 Å². The van der Waals surface area contributed by atoms with Crippen LogP contribution in [0.25, 0.3) is 0 Å². The fraction of sp³-hybridized carbons (Fsp3) is 0.533. The van der Waals surface area contributed by atoms with E-state index in [1.165, 1.54) is 5.56 Å². The Hall–Kier alpha value is -1.35. The zero-order valence-electron chi connectivity index (χ0n) is 11.4. The minimum Gasteiger partial charge on any atom is -0.348 e. The average Bonchev–Trinajstić information content (AvgIpc) is 2.39. The van der Waals surface area contributed by atoms with Crippen LogP contribution in [0.3, 0.4) is 0 Å². The molecular weight excluding hydrogens is 224 g/mol. The summed E-state index contributed by atoms with van der Waals surface area (Å²) >= 11 is 0. The van der Waals surface area contributed by atoms with E-state index in [1.54, 1.807) is 0 Å². The molecule has 1 aromatic rings. The van der Waals surface area contributed by atoms with E-state index >= 15 is 0 Å². The summed E-state index contributed by atoms with van der Waals surface area (Å²) in [5.41, 5.74) is 1.18. The van der Waals surface area contributed by atoms with Crippen LogP contribution >= 0.6 is 0 Å². The van der Waals surface area contributed by atoms with Crippen molar-refractivity contribution < 1.29 is 4.79 Å². The molecule has 0 heterocycles. The molecule has 18 heavy (non-hydrogen) atoms. The van der Waals surface area contributed by atoms with E-state index in [4.69, 9.17) is 0 Å². The quantitative estimate of drug-likeness (QED) is 0.694. The Bertz CT molecular complexity index is 338. The monoisotopic (exact) mass is 248 g/mol. The van der Waals surface area contributed by atoms with Crippen molar-refractivity contribution in [3.63, 3.8) is 0 Å². The molecule has 0 saturated heterocycles. The van der Waals surface area contributed by atoms with Gasteiger partial charge in [0.15, 0.2) is 0 Å². The molecule has 1 atom stereocenters. The van der Waals surface area contributed by atoms with E-state index in [0.717, 1.165) is 25.8 Å². The van der Waals surface area contributed by atoms with Gasteiger partial charge in [-0.05, 0) is 24.9 Å². The zero-order chi connectivity index (χ0) is 13.2. The summed E-state index contributed by atoms with van der Waals surface area (Å²) in [5.74, 6) is 0.0748. The van der Waals surface area contributed by atoms with Gasteiger partial charge in [-0.15, -0.1) is 0 Å². The van der Waals surface area contributed by atoms with Crippen LogP contribution in [0, 0.1) is 0 Å². The average molecular weight is 248 g/mol. The van der Waals surface area contributed by atoms with Crippen molar-refractivity contribution in [1.29, 1.82) is 0 Å². The molecule has 0 aliphatic carbocycles. The van der Waals surface area contributed by atoms with Crippen LogP contribution in [-0.4, -0.2) is 19.0 Å². The van der Waals surface area contributed by atoms with Gasteiger partial charge in [-0.2, -0.15) is 0 Å². The Balaban J connectivity index is 2.50. The second-order valence-electron chi connectivity index (χ2n) is 4.50. The van der Waals surface area contributed by atoms with Crippen molar-refractivity contribution in [1.82, 2.24) is 10.6 Å². The zero-order valence-corrected chi connectivity index (χ0v) is 11.4. The first-order chi connectivity index (χ1) is 8.77. The Morgan fingerprint density at radius 1 is 1.17 bits per heavy atom. The van der Waals surface area contributed by atoms with Gasteiger partial charge in [-0.1, -0.05) is 50.6 Å². The minimum absolute atomic E-state index is 0.0748. The van der Waals surface area contributed by atoms with Crippen molar-refractivity contribution >= 4 is 5.91 Å². The molecule has 3 heteroatoms. The molecule has 0 aliphatic heterocycles. The number of carbonyl (C=O) groups excluding carboxylic acids is 1. The second-order valence-corrected chi connectivity index (χ2v) is 4.50. The first kappa shape index (κ1) is 14.7. The van der Waals surface area contributed by atoms with Crippen molar-refractivity contribution in [3.8, 4) is 0 Å². The third kappa shape index (κ3) is 5.32. The largest absolute Gasteiger partial charge is 0.348 e. The molecule has 0 aromatic heterocycles. The van der Waals surface area contributed by atoms with Gasteiger partial charge in [-0.25, -0.2) is 0 Å². The lowest BCUT2D eigenvalue weighted by atomic mass is 10.0. The van der Waals surface area contributed by atoms with Gasteiger partial charge in [-0.3, -0.25) is 4.79 Å². The highest BCUT2D eigenvalue weighted by Gasteiger charge is 2.12. The van der Waals surface area contributed by atoms with Gasteiger partial charge in [0, 0.05) is 0 Å². The van der Waals surface area contributed by atoms with Gasteiger partial charge >= 0.3 is 0 Å². The predicted octanol–water partition coefficient (Wildman–Crippen LogP) is 2.64. The van der Waals surface area contributed by atoms with Crippen LogP contribution in [0.5, 0.6) is 0 Å². The third-order valence-electron chi connectivity index (χ3n) is 2.83. The van der Waals surface area contributed by atoms with Gasteiger partial charge < -0.3 is 10.6 Å². The van der Waals surface area contributed by atoms with E-state index in [0.29, 0.717) is 6.54 Å². The van der Waals surface area contributed by atoms with Crippen LogP contribution < -0.4 is 10.6 Å². The van der Waals surface area contributed by atoms with Crippen LogP contribution in [-0.2, 0) is 4.79 Å². The minimum atomic E-state index is 0.0748. The number of rotatable bonds is 8. The molecule has 0 aliphatic rings. The topological polar surface area (TPSA) is 41.1 Å². The smallest absolute Gasteiger partial charge is 0.234 e. The Labute approximate surface area is 110 Å². The Kier molecular flexibility index (Phi) is 7.11. The molecule has 0 fully saturated rings. The highest BCUT2D eigenvalue weighted by molar-refractivity contribution is 5.78. The van der Waals surface area contributed by atoms with E-state index in [-0.39, 0.29) is 11.9 Å². The van der Waals surface area contributed by atoms with Crippen molar-refractivity contribution in [3.05, 3.63) is 35.9 Å². The molecule has 0 radical (unpaired) electrons. The lowest BCUT2D eigenvalue weighted by Crippen LogP contribution is -2.36. The summed E-state index contributed by atoms with van der Waals surface area (Å²) in [5, 5.41) is 6.21. The molecular formula is C15H24N2O. The summed E-state index contributed by atoms with van der Waals surface area (Å²) in [6, 6.07) is 10.3. The molecule has 0 bridgehead atoms. The van der Waals surface area contributed by atoms with Gasteiger partial charge in [0.25, 0.3) is 0 Å². The number of carbonyl (C=O) groups is 1. The van der Waals surface area contributed by atoms with Crippen molar-refractivity contribution in [2.45, 2.75) is 39.2 Å². The maximum atomic E-state index is 11.8. The third-order valence-corrected chi connectivity index (χ3v) is 2.83. The second kappa shape index (κ2) is 8.70. The van der Waals surface area contributed by atoms with E-state index < -0.39 is 0 Å². The molecule has 1 aromatic carbocycles. The van der Waals surface area contributed by atoms with Crippen molar-refractivity contribution in [2.24, 2.45) is 0 Å². The Morgan fingerprint density at radius 3 is 2.50 bits per heavy atom. The Morgan fingerprint density at radius 2 is 1.89 bits per heavy atom. The maximum absolute atomic E-state index is 11.8. The summed E-state index contributed by atoms with van der Waals surface area (Å²) in [7, 11) is 0. The van der Waals surface area contributed by atoms with E-state index in [2.05, 4.69) is 36.6 Å². The van der Waals surface area contributed by atoms with Gasteiger partial charge in [0.1, 0.15) is 0 Å². The number of nitrogens with one attached hydrogen (secondary N) is 2. The standard InChI is InChI=1S/C15H24N2O/c1-3-8-14(13-9-6-5-7-10-13)17-15(18)12-16-11-4-2/h5-7,9-10,14,16H,3-4,8,11-12H2,1-2H3,(H,17,18). The molecule has 2 N–H and O–H groups in total. The fourth-order valence-electron chi connectivity index (χ4n) is 1.92. The number of benzene rings is 1. The number of amides is 1. The fourth-order valence-corrected chi connectivity index (χ4v) is 1.92. The maximum Gasteiger partial charge on any atom is 0.234 e. The first-order valence-electron chi connectivity index (χ1n) is 6.83. The summed E-state index contributed by atoms with van der Waals surface area (Å²) in [6.07, 6.45) is 3.08. The first-order valence-corrected chi connectivity index (χ1v) is 6.83. The van der Waals surface area contributed by atoms with E-state index in [1.807, 2.05) is 18.2 Å². The van der Waals surface area contributed by atoms with Crippen LogP contribution in [0.4, 0.5) is 0 Å². The molecule has 1 amide bonds. The van der Waals surface area contributed by atoms with Crippen LogP contribution in [0.2, 0.25) is 0 Å². The summed E-state index contributed by atoms with van der Waals surface area (Å²) in [6.45, 7) is 5.52. The van der Waals surface area contributed by atoms with Gasteiger partial charge in [0.2, 0.25) is 5.91 Å². The highest BCUT2D eigenvalue weighted by atomic mass is 16.1. The molecule has 1 rings (SSSR count). The SMILES string of the molecule is CCCNCC(=O)NC(CCC)c1ccccc1.